The van der Waals surface area contributed by atoms with Gasteiger partial charge in [-0.05, 0) is 37.1 Å². The number of aromatic nitrogens is 2. The molecule has 2 aromatic heterocycles. The first kappa shape index (κ1) is 12.7. The zero-order chi connectivity index (χ0) is 13.2. The van der Waals surface area contributed by atoms with Crippen LogP contribution in [0.1, 0.15) is 39.0 Å². The van der Waals surface area contributed by atoms with E-state index in [1.165, 1.54) is 32.1 Å². The normalized spacial score (nSPS) is 20.1. The number of anilines is 2. The fourth-order valence-electron chi connectivity index (χ4n) is 2.99. The molecule has 0 radical (unpaired) electrons. The van der Waals surface area contributed by atoms with Crippen LogP contribution >= 0.6 is 11.3 Å². The fourth-order valence-corrected chi connectivity index (χ4v) is 3.75. The van der Waals surface area contributed by atoms with E-state index in [9.17, 15) is 0 Å². The van der Waals surface area contributed by atoms with Gasteiger partial charge < -0.3 is 10.6 Å². The molecule has 5 heteroatoms. The number of nitrogens with two attached hydrogens (primary N) is 1. The Bertz CT molecular complexity index is 564. The first-order chi connectivity index (χ1) is 9.29. The molecule has 1 aliphatic rings. The quantitative estimate of drug-likeness (QED) is 0.933. The van der Waals surface area contributed by atoms with Crippen molar-refractivity contribution >= 4 is 33.3 Å². The van der Waals surface area contributed by atoms with Crippen molar-refractivity contribution in [3.05, 3.63) is 11.4 Å². The number of hydrogen-bond acceptors (Lipinski definition) is 5. The Hall–Kier alpha value is -1.36. The van der Waals surface area contributed by atoms with Crippen LogP contribution in [0.25, 0.3) is 10.2 Å². The molecule has 19 heavy (non-hydrogen) atoms. The summed E-state index contributed by atoms with van der Waals surface area (Å²) >= 11 is 1.64. The average Bonchev–Trinajstić information content (AvgIpc) is 2.87. The van der Waals surface area contributed by atoms with E-state index in [-0.39, 0.29) is 0 Å². The van der Waals surface area contributed by atoms with Crippen LogP contribution in [0.5, 0.6) is 0 Å². The SMILES string of the molecule is CCCC1CCCCN1c1nc(N)nc2sccc12. The summed E-state index contributed by atoms with van der Waals surface area (Å²) in [5.74, 6) is 1.44. The summed E-state index contributed by atoms with van der Waals surface area (Å²) < 4.78 is 0. The van der Waals surface area contributed by atoms with E-state index < -0.39 is 0 Å². The molecule has 1 atom stereocenters. The van der Waals surface area contributed by atoms with Crippen molar-refractivity contribution in [3.8, 4) is 0 Å². The van der Waals surface area contributed by atoms with Crippen LogP contribution in [0.2, 0.25) is 0 Å². The highest BCUT2D eigenvalue weighted by Crippen LogP contribution is 2.33. The number of thiophene rings is 1. The lowest BCUT2D eigenvalue weighted by Crippen LogP contribution is -2.40. The van der Waals surface area contributed by atoms with Crippen molar-refractivity contribution < 1.29 is 0 Å². The number of piperidine rings is 1. The third kappa shape index (κ3) is 2.39. The largest absolute Gasteiger partial charge is 0.368 e. The van der Waals surface area contributed by atoms with E-state index in [1.807, 2.05) is 0 Å². The Morgan fingerprint density at radius 1 is 1.42 bits per heavy atom. The van der Waals surface area contributed by atoms with E-state index >= 15 is 0 Å². The molecular formula is C14H20N4S. The van der Waals surface area contributed by atoms with Gasteiger partial charge >= 0.3 is 0 Å². The Kier molecular flexibility index (Phi) is 3.55. The summed E-state index contributed by atoms with van der Waals surface area (Å²) in [6, 6.07) is 2.72. The Balaban J connectivity index is 2.03. The molecule has 0 saturated carbocycles. The molecule has 3 heterocycles. The second-order valence-electron chi connectivity index (χ2n) is 5.18. The van der Waals surface area contributed by atoms with Crippen LogP contribution in [-0.4, -0.2) is 22.6 Å². The van der Waals surface area contributed by atoms with Crippen LogP contribution < -0.4 is 10.6 Å². The van der Waals surface area contributed by atoms with Gasteiger partial charge in [-0.15, -0.1) is 11.3 Å². The summed E-state index contributed by atoms with van der Waals surface area (Å²) in [5, 5.41) is 3.23. The first-order valence-corrected chi connectivity index (χ1v) is 7.95. The number of rotatable bonds is 3. The molecule has 1 fully saturated rings. The van der Waals surface area contributed by atoms with Gasteiger partial charge in [0.15, 0.2) is 0 Å². The number of fused-ring (bicyclic) bond motifs is 1. The van der Waals surface area contributed by atoms with Crippen LogP contribution in [0, 0.1) is 0 Å². The molecule has 1 saturated heterocycles. The van der Waals surface area contributed by atoms with Gasteiger partial charge in [0.2, 0.25) is 5.95 Å². The third-order valence-corrected chi connectivity index (χ3v) is 4.65. The van der Waals surface area contributed by atoms with Crippen molar-refractivity contribution in [2.24, 2.45) is 0 Å². The summed E-state index contributed by atoms with van der Waals surface area (Å²) in [7, 11) is 0. The number of nitrogens with zero attached hydrogens (tertiary/aromatic N) is 3. The van der Waals surface area contributed by atoms with Gasteiger partial charge in [0, 0.05) is 12.6 Å². The number of hydrogen-bond donors (Lipinski definition) is 1. The monoisotopic (exact) mass is 276 g/mol. The molecule has 0 spiro atoms. The predicted molar refractivity (Wildman–Crippen MR) is 81.7 cm³/mol. The van der Waals surface area contributed by atoms with E-state index in [4.69, 9.17) is 5.73 Å². The minimum atomic E-state index is 0.394. The van der Waals surface area contributed by atoms with E-state index in [0.717, 1.165) is 22.6 Å². The summed E-state index contributed by atoms with van der Waals surface area (Å²) in [4.78, 5) is 12.3. The van der Waals surface area contributed by atoms with Gasteiger partial charge in [-0.1, -0.05) is 13.3 Å². The molecular weight excluding hydrogens is 256 g/mol. The maximum absolute atomic E-state index is 5.87. The Morgan fingerprint density at radius 2 is 2.32 bits per heavy atom. The highest BCUT2D eigenvalue weighted by atomic mass is 32.1. The van der Waals surface area contributed by atoms with Gasteiger partial charge in [-0.25, -0.2) is 4.98 Å². The van der Waals surface area contributed by atoms with Gasteiger partial charge in [-0.2, -0.15) is 4.98 Å². The molecule has 0 aliphatic carbocycles. The molecule has 3 rings (SSSR count). The topological polar surface area (TPSA) is 55.0 Å². The standard InChI is InChI=1S/C14H20N4S/c1-2-5-10-6-3-4-8-18(10)12-11-7-9-19-13(11)17-14(15)16-12/h7,9-10H,2-6,8H2,1H3,(H2,15,16,17). The predicted octanol–water partition coefficient (Wildman–Crippen LogP) is 3.43. The second-order valence-corrected chi connectivity index (χ2v) is 6.07. The lowest BCUT2D eigenvalue weighted by atomic mass is 9.98. The minimum Gasteiger partial charge on any atom is -0.368 e. The molecule has 4 nitrogen and oxygen atoms in total. The molecule has 0 bridgehead atoms. The van der Waals surface area contributed by atoms with Gasteiger partial charge in [0.05, 0.1) is 5.39 Å². The maximum atomic E-state index is 5.87. The minimum absolute atomic E-state index is 0.394. The van der Waals surface area contributed by atoms with Crippen molar-refractivity contribution in [1.82, 2.24) is 9.97 Å². The van der Waals surface area contributed by atoms with Crippen LogP contribution in [0.4, 0.5) is 11.8 Å². The summed E-state index contributed by atoms with van der Waals surface area (Å²) in [5.41, 5.74) is 5.87. The zero-order valence-corrected chi connectivity index (χ0v) is 12.1. The Morgan fingerprint density at radius 3 is 3.16 bits per heavy atom. The molecule has 2 aromatic rings. The lowest BCUT2D eigenvalue weighted by molar-refractivity contribution is 0.433. The van der Waals surface area contributed by atoms with Crippen molar-refractivity contribution in [2.75, 3.05) is 17.2 Å². The molecule has 0 aromatic carbocycles. The second kappa shape index (κ2) is 5.33. The average molecular weight is 276 g/mol. The number of nitrogen functional groups attached to an aromatic ring is 1. The highest BCUT2D eigenvalue weighted by Gasteiger charge is 2.25. The summed E-state index contributed by atoms with van der Waals surface area (Å²) in [6.07, 6.45) is 6.29. The smallest absolute Gasteiger partial charge is 0.223 e. The zero-order valence-electron chi connectivity index (χ0n) is 11.3. The molecule has 1 aliphatic heterocycles. The lowest BCUT2D eigenvalue weighted by Gasteiger charge is -2.37. The van der Waals surface area contributed by atoms with Crippen molar-refractivity contribution in [1.29, 1.82) is 0 Å². The molecule has 0 amide bonds. The molecule has 102 valence electrons. The fraction of sp³-hybridized carbons (Fsp3) is 0.571. The van der Waals surface area contributed by atoms with Gasteiger partial charge in [0.25, 0.3) is 0 Å². The van der Waals surface area contributed by atoms with Crippen LogP contribution in [0.15, 0.2) is 11.4 Å². The highest BCUT2D eigenvalue weighted by molar-refractivity contribution is 7.16. The molecule has 2 N–H and O–H groups in total. The van der Waals surface area contributed by atoms with Crippen LogP contribution in [0.3, 0.4) is 0 Å². The van der Waals surface area contributed by atoms with Crippen molar-refractivity contribution in [3.63, 3.8) is 0 Å². The van der Waals surface area contributed by atoms with Gasteiger partial charge in [0.1, 0.15) is 10.6 Å². The van der Waals surface area contributed by atoms with E-state index in [0.29, 0.717) is 12.0 Å². The Labute approximate surface area is 117 Å². The van der Waals surface area contributed by atoms with E-state index in [2.05, 4.69) is 33.2 Å². The molecule has 1 unspecified atom stereocenters. The van der Waals surface area contributed by atoms with Gasteiger partial charge in [-0.3, -0.25) is 0 Å². The van der Waals surface area contributed by atoms with Crippen LogP contribution in [-0.2, 0) is 0 Å². The summed E-state index contributed by atoms with van der Waals surface area (Å²) in [6.45, 7) is 3.34. The first-order valence-electron chi connectivity index (χ1n) is 7.07. The third-order valence-electron chi connectivity index (χ3n) is 3.84. The van der Waals surface area contributed by atoms with Crippen molar-refractivity contribution in [2.45, 2.75) is 45.1 Å². The van der Waals surface area contributed by atoms with E-state index in [1.54, 1.807) is 11.3 Å². The maximum Gasteiger partial charge on any atom is 0.223 e.